The Balaban J connectivity index is 2.01. The predicted octanol–water partition coefficient (Wildman–Crippen LogP) is 1.95. The average Bonchev–Trinajstić information content (AvgIpc) is 2.73. The highest BCUT2D eigenvalue weighted by Gasteiger charge is 2.44. The van der Waals surface area contributed by atoms with Gasteiger partial charge in [-0.2, -0.15) is 0 Å². The summed E-state index contributed by atoms with van der Waals surface area (Å²) in [5.74, 6) is 0.276. The van der Waals surface area contributed by atoms with Gasteiger partial charge in [0.15, 0.2) is 0 Å². The lowest BCUT2D eigenvalue weighted by atomic mass is 9.74. The maximum Gasteiger partial charge on any atom is 0.226 e. The van der Waals surface area contributed by atoms with Crippen molar-refractivity contribution >= 4 is 5.91 Å². The summed E-state index contributed by atoms with van der Waals surface area (Å²) >= 11 is 0. The highest BCUT2D eigenvalue weighted by atomic mass is 16.2. The first kappa shape index (κ1) is 11.9. The fourth-order valence-electron chi connectivity index (χ4n) is 3.15. The van der Waals surface area contributed by atoms with E-state index in [4.69, 9.17) is 5.73 Å². The predicted molar refractivity (Wildman–Crippen MR) is 65.0 cm³/mol. The molecule has 0 saturated heterocycles. The van der Waals surface area contributed by atoms with E-state index >= 15 is 0 Å². The summed E-state index contributed by atoms with van der Waals surface area (Å²) in [6, 6.07) is 0. The third kappa shape index (κ3) is 1.86. The van der Waals surface area contributed by atoms with Crippen molar-refractivity contribution < 1.29 is 4.79 Å². The van der Waals surface area contributed by atoms with E-state index in [-0.39, 0.29) is 16.9 Å². The average molecular weight is 224 g/mol. The highest BCUT2D eigenvalue weighted by Crippen LogP contribution is 2.42. The monoisotopic (exact) mass is 224 g/mol. The molecule has 2 saturated carbocycles. The lowest BCUT2D eigenvalue weighted by Crippen LogP contribution is -2.60. The molecule has 0 aromatic carbocycles. The molecule has 2 aliphatic carbocycles. The number of carbonyl (C=O) groups excluding carboxylic acids is 1. The summed E-state index contributed by atoms with van der Waals surface area (Å²) in [5.41, 5.74) is 5.66. The second-order valence-corrected chi connectivity index (χ2v) is 5.63. The van der Waals surface area contributed by atoms with Crippen LogP contribution < -0.4 is 11.1 Å². The summed E-state index contributed by atoms with van der Waals surface area (Å²) in [6.45, 7) is 2.74. The Hall–Kier alpha value is -0.570. The largest absolute Gasteiger partial charge is 0.349 e. The first-order chi connectivity index (χ1) is 7.66. The van der Waals surface area contributed by atoms with Crippen LogP contribution in [0.1, 0.15) is 58.3 Å². The molecule has 0 bridgehead atoms. The van der Waals surface area contributed by atoms with Gasteiger partial charge in [-0.05, 0) is 38.5 Å². The molecule has 0 aromatic rings. The molecule has 2 rings (SSSR count). The molecule has 0 aliphatic heterocycles. The number of rotatable bonds is 4. The normalized spacial score (nSPS) is 26.1. The van der Waals surface area contributed by atoms with Gasteiger partial charge in [-0.3, -0.25) is 4.79 Å². The second-order valence-electron chi connectivity index (χ2n) is 5.63. The molecule has 2 fully saturated rings. The zero-order chi connectivity index (χ0) is 11.6. The van der Waals surface area contributed by atoms with E-state index in [0.717, 1.165) is 32.1 Å². The van der Waals surface area contributed by atoms with Gasteiger partial charge in [-0.15, -0.1) is 0 Å². The first-order valence-electron chi connectivity index (χ1n) is 6.69. The van der Waals surface area contributed by atoms with E-state index in [9.17, 15) is 4.79 Å². The van der Waals surface area contributed by atoms with Crippen molar-refractivity contribution in [1.29, 1.82) is 0 Å². The molecule has 3 nitrogen and oxygen atoms in total. The van der Waals surface area contributed by atoms with Crippen LogP contribution in [0.5, 0.6) is 0 Å². The van der Waals surface area contributed by atoms with Crippen molar-refractivity contribution in [3.8, 4) is 0 Å². The third-order valence-corrected chi connectivity index (χ3v) is 4.80. The quantitative estimate of drug-likeness (QED) is 0.767. The molecule has 0 heterocycles. The van der Waals surface area contributed by atoms with Crippen LogP contribution in [0.15, 0.2) is 0 Å². The Morgan fingerprint density at radius 2 is 1.81 bits per heavy atom. The molecular formula is C13H24N2O. The zero-order valence-corrected chi connectivity index (χ0v) is 10.3. The van der Waals surface area contributed by atoms with Crippen molar-refractivity contribution in [2.24, 2.45) is 11.1 Å². The molecule has 3 heteroatoms. The minimum atomic E-state index is -0.0717. The summed E-state index contributed by atoms with van der Waals surface area (Å²) in [7, 11) is 0. The van der Waals surface area contributed by atoms with Crippen LogP contribution in [-0.4, -0.2) is 18.0 Å². The molecule has 1 amide bonds. The smallest absolute Gasteiger partial charge is 0.226 e. The Morgan fingerprint density at radius 1 is 1.19 bits per heavy atom. The van der Waals surface area contributed by atoms with E-state index in [1.807, 2.05) is 0 Å². The van der Waals surface area contributed by atoms with Gasteiger partial charge in [0.1, 0.15) is 0 Å². The van der Waals surface area contributed by atoms with Crippen LogP contribution in [0.4, 0.5) is 0 Å². The van der Waals surface area contributed by atoms with Crippen molar-refractivity contribution in [2.75, 3.05) is 6.54 Å². The second kappa shape index (κ2) is 4.36. The first-order valence-corrected chi connectivity index (χ1v) is 6.69. The lowest BCUT2D eigenvalue weighted by molar-refractivity contribution is -0.134. The van der Waals surface area contributed by atoms with Gasteiger partial charge in [0, 0.05) is 12.0 Å². The van der Waals surface area contributed by atoms with Gasteiger partial charge in [-0.25, -0.2) is 0 Å². The lowest BCUT2D eigenvalue weighted by Gasteiger charge is -2.44. The van der Waals surface area contributed by atoms with Crippen molar-refractivity contribution in [2.45, 2.75) is 63.8 Å². The number of amides is 1. The summed E-state index contributed by atoms with van der Waals surface area (Å²) in [4.78, 5) is 12.4. The third-order valence-electron chi connectivity index (χ3n) is 4.80. The van der Waals surface area contributed by atoms with Crippen LogP contribution in [0.2, 0.25) is 0 Å². The van der Waals surface area contributed by atoms with Crippen LogP contribution >= 0.6 is 0 Å². The van der Waals surface area contributed by atoms with E-state index in [1.165, 1.54) is 19.3 Å². The van der Waals surface area contributed by atoms with Crippen LogP contribution in [0, 0.1) is 5.41 Å². The fourth-order valence-corrected chi connectivity index (χ4v) is 3.15. The summed E-state index contributed by atoms with van der Waals surface area (Å²) < 4.78 is 0. The maximum atomic E-state index is 12.4. The molecule has 0 spiro atoms. The molecule has 92 valence electrons. The minimum absolute atomic E-state index is 0.0537. The Bertz CT molecular complexity index is 260. The number of hydrogen-bond donors (Lipinski definition) is 2. The molecule has 0 atom stereocenters. The summed E-state index contributed by atoms with van der Waals surface area (Å²) in [5, 5.41) is 3.25. The van der Waals surface area contributed by atoms with Gasteiger partial charge >= 0.3 is 0 Å². The Morgan fingerprint density at radius 3 is 2.19 bits per heavy atom. The maximum absolute atomic E-state index is 12.4. The van der Waals surface area contributed by atoms with E-state index < -0.39 is 0 Å². The molecule has 2 aliphatic rings. The minimum Gasteiger partial charge on any atom is -0.349 e. The topological polar surface area (TPSA) is 55.1 Å². The van der Waals surface area contributed by atoms with Gasteiger partial charge in [0.25, 0.3) is 0 Å². The Kier molecular flexibility index (Phi) is 3.24. The molecule has 3 N–H and O–H groups in total. The van der Waals surface area contributed by atoms with Gasteiger partial charge in [0.05, 0.1) is 5.54 Å². The summed E-state index contributed by atoms with van der Waals surface area (Å²) in [6.07, 6.45) is 8.85. The number of hydrogen-bond acceptors (Lipinski definition) is 2. The molecule has 0 unspecified atom stereocenters. The standard InChI is InChI=1S/C13H24N2O/c1-2-12(6-3-4-7-12)11(16)15-13(10-14)8-5-9-13/h2-10,14H2,1H3,(H,15,16). The molecule has 0 aromatic heterocycles. The van der Waals surface area contributed by atoms with Crippen LogP contribution in [-0.2, 0) is 4.79 Å². The van der Waals surface area contributed by atoms with Gasteiger partial charge in [0.2, 0.25) is 5.91 Å². The van der Waals surface area contributed by atoms with Crippen LogP contribution in [0.25, 0.3) is 0 Å². The number of nitrogens with one attached hydrogen (secondary N) is 1. The Labute approximate surface area is 98.2 Å². The van der Waals surface area contributed by atoms with Crippen molar-refractivity contribution in [3.05, 3.63) is 0 Å². The van der Waals surface area contributed by atoms with Crippen molar-refractivity contribution in [3.63, 3.8) is 0 Å². The molecule has 0 radical (unpaired) electrons. The van der Waals surface area contributed by atoms with Gasteiger partial charge in [-0.1, -0.05) is 19.8 Å². The number of nitrogens with two attached hydrogens (primary N) is 1. The van der Waals surface area contributed by atoms with Gasteiger partial charge < -0.3 is 11.1 Å². The molecular weight excluding hydrogens is 200 g/mol. The van der Waals surface area contributed by atoms with Crippen molar-refractivity contribution in [1.82, 2.24) is 5.32 Å². The van der Waals surface area contributed by atoms with E-state index in [2.05, 4.69) is 12.2 Å². The fraction of sp³-hybridized carbons (Fsp3) is 0.923. The van der Waals surface area contributed by atoms with E-state index in [0.29, 0.717) is 6.54 Å². The highest BCUT2D eigenvalue weighted by molar-refractivity contribution is 5.83. The van der Waals surface area contributed by atoms with E-state index in [1.54, 1.807) is 0 Å². The molecule has 16 heavy (non-hydrogen) atoms. The number of carbonyl (C=O) groups is 1. The SMILES string of the molecule is CCC1(C(=O)NC2(CN)CCC2)CCCC1. The zero-order valence-electron chi connectivity index (χ0n) is 10.3. The van der Waals surface area contributed by atoms with Crippen LogP contribution in [0.3, 0.4) is 0 Å².